The molecule has 0 fully saturated rings. The third kappa shape index (κ3) is 76.6. The van der Waals surface area contributed by atoms with Crippen LogP contribution in [0.5, 0.6) is 0 Å². The summed E-state index contributed by atoms with van der Waals surface area (Å²) in [7, 11) is -9.92. The average molecular weight is 1510 g/mol. The summed E-state index contributed by atoms with van der Waals surface area (Å²) in [6.07, 6.45) is 66.9. The van der Waals surface area contributed by atoms with Gasteiger partial charge in [0.05, 0.1) is 26.4 Å². The van der Waals surface area contributed by atoms with Crippen LogP contribution in [0.25, 0.3) is 0 Å². The number of phosphoric ester groups is 2. The van der Waals surface area contributed by atoms with Crippen LogP contribution in [-0.4, -0.2) is 96.7 Å². The average Bonchev–Trinajstić information content (AvgIpc) is 0.956. The highest BCUT2D eigenvalue weighted by molar-refractivity contribution is 7.47. The van der Waals surface area contributed by atoms with Gasteiger partial charge >= 0.3 is 39.5 Å². The van der Waals surface area contributed by atoms with Gasteiger partial charge in [0, 0.05) is 25.7 Å². The molecule has 3 N–H and O–H groups in total. The first-order valence-corrected chi connectivity index (χ1v) is 46.5. The molecule has 3 unspecified atom stereocenters. The maximum absolute atomic E-state index is 13.1. The molecule has 0 aromatic carbocycles. The van der Waals surface area contributed by atoms with E-state index in [-0.39, 0.29) is 25.7 Å². The van der Waals surface area contributed by atoms with Crippen molar-refractivity contribution in [3.8, 4) is 0 Å². The van der Waals surface area contributed by atoms with Crippen LogP contribution in [-0.2, 0) is 65.4 Å². The molecular formula is C84H164O17P2. The quantitative estimate of drug-likeness (QED) is 0.0222. The molecule has 0 radical (unpaired) electrons. The molecule has 0 aromatic heterocycles. The van der Waals surface area contributed by atoms with E-state index in [9.17, 15) is 43.2 Å². The van der Waals surface area contributed by atoms with E-state index in [0.717, 1.165) is 102 Å². The van der Waals surface area contributed by atoms with Crippen LogP contribution in [0.3, 0.4) is 0 Å². The first-order chi connectivity index (χ1) is 49.9. The zero-order valence-corrected chi connectivity index (χ0v) is 69.4. The molecule has 6 atom stereocenters. The van der Waals surface area contributed by atoms with E-state index in [2.05, 4.69) is 41.5 Å². The topological polar surface area (TPSA) is 237 Å². The summed E-state index contributed by atoms with van der Waals surface area (Å²) in [5, 5.41) is 10.7. The fourth-order valence-electron chi connectivity index (χ4n) is 13.0. The molecule has 0 aliphatic heterocycles. The Morgan fingerprint density at radius 2 is 0.495 bits per heavy atom. The lowest BCUT2D eigenvalue weighted by Gasteiger charge is -2.21. The lowest BCUT2D eigenvalue weighted by Crippen LogP contribution is -2.30. The van der Waals surface area contributed by atoms with Crippen molar-refractivity contribution >= 4 is 39.5 Å². The fourth-order valence-corrected chi connectivity index (χ4v) is 14.6. The number of carbonyl (C=O) groups excluding carboxylic acids is 4. The summed E-state index contributed by atoms with van der Waals surface area (Å²) in [5.74, 6) is -0.635. The minimum atomic E-state index is -4.96. The molecule has 0 spiro atoms. The second kappa shape index (κ2) is 75.5. The number of hydrogen-bond donors (Lipinski definition) is 3. The summed E-state index contributed by atoms with van der Waals surface area (Å²) in [4.78, 5) is 73.1. The molecule has 0 saturated heterocycles. The van der Waals surface area contributed by atoms with Crippen molar-refractivity contribution in [2.75, 3.05) is 39.6 Å². The van der Waals surface area contributed by atoms with Crippen LogP contribution in [0, 0.1) is 11.8 Å². The van der Waals surface area contributed by atoms with Gasteiger partial charge in [-0.1, -0.05) is 395 Å². The highest BCUT2D eigenvalue weighted by Crippen LogP contribution is 2.45. The molecule has 0 saturated carbocycles. The van der Waals surface area contributed by atoms with Crippen molar-refractivity contribution in [2.45, 2.75) is 464 Å². The van der Waals surface area contributed by atoms with Crippen molar-refractivity contribution in [3.63, 3.8) is 0 Å². The van der Waals surface area contributed by atoms with Crippen LogP contribution >= 0.6 is 15.6 Å². The Morgan fingerprint density at radius 3 is 0.738 bits per heavy atom. The van der Waals surface area contributed by atoms with Gasteiger partial charge in [-0.2, -0.15) is 0 Å². The van der Waals surface area contributed by atoms with E-state index in [4.69, 9.17) is 37.0 Å². The lowest BCUT2D eigenvalue weighted by atomic mass is 9.99. The summed E-state index contributed by atoms with van der Waals surface area (Å²) in [5.41, 5.74) is 0. The number of hydrogen-bond acceptors (Lipinski definition) is 15. The van der Waals surface area contributed by atoms with Gasteiger partial charge in [-0.25, -0.2) is 9.13 Å². The van der Waals surface area contributed by atoms with E-state index < -0.39 is 97.5 Å². The number of rotatable bonds is 83. The van der Waals surface area contributed by atoms with Crippen molar-refractivity contribution in [3.05, 3.63) is 0 Å². The number of phosphoric acid groups is 2. The SMILES string of the molecule is CCCCCCCCCCCCCCCCCCCCCCCC(=O)O[C@H](COC(=O)CCCCCCCCCCCCCCCCCCCCCC)COP(=O)(O)OC[C@@H](O)COP(=O)(O)OC[C@@H](COC(=O)CCCCCCCCCC(C)C)OC(=O)CCCCCCCCCCC(C)CC. The normalized spacial score (nSPS) is 14.1. The molecule has 0 rings (SSSR count). The molecule has 612 valence electrons. The molecule has 0 aliphatic carbocycles. The second-order valence-electron chi connectivity index (χ2n) is 30.9. The monoisotopic (exact) mass is 1510 g/mol. The van der Waals surface area contributed by atoms with Gasteiger partial charge < -0.3 is 33.8 Å². The highest BCUT2D eigenvalue weighted by atomic mass is 31.2. The minimum absolute atomic E-state index is 0.105. The molecule has 17 nitrogen and oxygen atoms in total. The zero-order valence-electron chi connectivity index (χ0n) is 67.6. The van der Waals surface area contributed by atoms with Crippen LogP contribution in [0.2, 0.25) is 0 Å². The predicted molar refractivity (Wildman–Crippen MR) is 423 cm³/mol. The van der Waals surface area contributed by atoms with Gasteiger partial charge in [-0.3, -0.25) is 37.3 Å². The third-order valence-electron chi connectivity index (χ3n) is 20.1. The maximum Gasteiger partial charge on any atom is 0.472 e. The number of ether oxygens (including phenoxy) is 4. The first-order valence-electron chi connectivity index (χ1n) is 43.5. The smallest absolute Gasteiger partial charge is 0.462 e. The van der Waals surface area contributed by atoms with Crippen molar-refractivity contribution in [1.29, 1.82) is 0 Å². The molecule has 0 heterocycles. The summed E-state index contributed by atoms with van der Waals surface area (Å²) < 4.78 is 68.8. The number of aliphatic hydroxyl groups excluding tert-OH is 1. The number of carbonyl (C=O) groups is 4. The number of esters is 4. The van der Waals surface area contributed by atoms with E-state index >= 15 is 0 Å². The molecule has 0 aliphatic rings. The first kappa shape index (κ1) is 101. The van der Waals surface area contributed by atoms with Crippen LogP contribution in [0.1, 0.15) is 446 Å². The minimum Gasteiger partial charge on any atom is -0.462 e. The van der Waals surface area contributed by atoms with E-state index in [1.807, 2.05) is 0 Å². The Morgan fingerprint density at radius 1 is 0.282 bits per heavy atom. The highest BCUT2D eigenvalue weighted by Gasteiger charge is 2.30. The lowest BCUT2D eigenvalue weighted by molar-refractivity contribution is -0.161. The molecular weight excluding hydrogens is 1340 g/mol. The second-order valence-corrected chi connectivity index (χ2v) is 33.8. The number of aliphatic hydroxyl groups is 1. The van der Waals surface area contributed by atoms with Crippen LogP contribution in [0.4, 0.5) is 0 Å². The van der Waals surface area contributed by atoms with Gasteiger partial charge in [0.1, 0.15) is 19.3 Å². The van der Waals surface area contributed by atoms with Gasteiger partial charge in [-0.05, 0) is 37.5 Å². The van der Waals surface area contributed by atoms with E-state index in [0.29, 0.717) is 31.6 Å². The predicted octanol–water partition coefficient (Wildman–Crippen LogP) is 25.5. The summed E-state index contributed by atoms with van der Waals surface area (Å²) in [6, 6.07) is 0. The molecule has 0 aromatic rings. The Balaban J connectivity index is 5.20. The fraction of sp³-hybridized carbons (Fsp3) is 0.952. The molecule has 103 heavy (non-hydrogen) atoms. The summed E-state index contributed by atoms with van der Waals surface area (Å²) in [6.45, 7) is 9.58. The Hall–Kier alpha value is -1.94. The van der Waals surface area contributed by atoms with Crippen molar-refractivity contribution in [2.24, 2.45) is 11.8 Å². The van der Waals surface area contributed by atoms with Crippen LogP contribution in [0.15, 0.2) is 0 Å². The van der Waals surface area contributed by atoms with Gasteiger partial charge in [-0.15, -0.1) is 0 Å². The van der Waals surface area contributed by atoms with Gasteiger partial charge in [0.25, 0.3) is 0 Å². The standard InChI is InChI=1S/C84H164O17P2/c1-7-10-12-14-16-18-20-22-24-26-28-30-32-34-36-38-40-42-49-56-62-68-83(88)100-79(72-94-81(86)66-60-54-48-41-39-37-35-33-31-29-27-25-23-21-19-17-15-13-11-8-2)74-98-102(90,91)96-70-78(85)71-97-103(92,93)99-75-80(73-95-82(87)67-61-55-51-45-46-52-58-64-76(4)5)101-84(89)69-63-57-50-44-43-47-53-59-65-77(6)9-3/h76-80,85H,7-75H2,1-6H3,(H,90,91)(H,92,93)/t77?,78-,79-,80-/m1/s1. The largest absolute Gasteiger partial charge is 0.472 e. The number of unbranched alkanes of at least 4 members (excludes halogenated alkanes) is 52. The van der Waals surface area contributed by atoms with Crippen LogP contribution < -0.4 is 0 Å². The van der Waals surface area contributed by atoms with Crippen molar-refractivity contribution < 1.29 is 80.2 Å². The Bertz CT molecular complexity index is 1980. The third-order valence-corrected chi connectivity index (χ3v) is 22.0. The molecule has 19 heteroatoms. The van der Waals surface area contributed by atoms with Crippen molar-refractivity contribution in [1.82, 2.24) is 0 Å². The van der Waals surface area contributed by atoms with Gasteiger partial charge in [0.2, 0.25) is 0 Å². The van der Waals surface area contributed by atoms with Gasteiger partial charge in [0.15, 0.2) is 12.2 Å². The maximum atomic E-state index is 13.1. The molecule has 0 bridgehead atoms. The molecule has 0 amide bonds. The summed E-state index contributed by atoms with van der Waals surface area (Å²) >= 11 is 0. The Kier molecular flexibility index (Phi) is 74.1. The van der Waals surface area contributed by atoms with E-state index in [1.165, 1.54) is 257 Å². The Labute approximate surface area is 632 Å². The zero-order chi connectivity index (χ0) is 75.6. The van der Waals surface area contributed by atoms with E-state index in [1.54, 1.807) is 0 Å².